The Morgan fingerprint density at radius 3 is 2.00 bits per heavy atom. The predicted octanol–water partition coefficient (Wildman–Crippen LogP) is 3.88. The van der Waals surface area contributed by atoms with Gasteiger partial charge in [-0.25, -0.2) is 0 Å². The number of rotatable bonds is 1. The van der Waals surface area contributed by atoms with E-state index in [9.17, 15) is 22.0 Å². The fraction of sp³-hybridized carbons (Fsp3) is 0.200. The van der Waals surface area contributed by atoms with Gasteiger partial charge in [0.25, 0.3) is 0 Å². The summed E-state index contributed by atoms with van der Waals surface area (Å²) in [6.45, 7) is 0. The van der Waals surface area contributed by atoms with Gasteiger partial charge in [-0.3, -0.25) is 0 Å². The Kier molecular flexibility index (Phi) is 3.83. The van der Waals surface area contributed by atoms with Crippen LogP contribution in [0, 0.1) is 12.0 Å². The Hall–Kier alpha value is -1.48. The average molecular weight is 271 g/mol. The van der Waals surface area contributed by atoms with Crippen molar-refractivity contribution in [1.82, 2.24) is 0 Å². The number of alkyl halides is 5. The van der Waals surface area contributed by atoms with E-state index in [1.807, 2.05) is 0 Å². The van der Waals surface area contributed by atoms with E-state index >= 15 is 0 Å². The lowest BCUT2D eigenvalue weighted by Gasteiger charge is -2.12. The van der Waals surface area contributed by atoms with Crippen LogP contribution in [-0.2, 0) is 0 Å². The highest BCUT2D eigenvalue weighted by atomic mass is 35.5. The molecule has 0 N–H and O–H groups in total. The first-order valence-corrected chi connectivity index (χ1v) is 4.49. The summed E-state index contributed by atoms with van der Waals surface area (Å²) >= 11 is 5.52. The molecule has 17 heavy (non-hydrogen) atoms. The van der Waals surface area contributed by atoms with Crippen molar-refractivity contribution in [2.75, 3.05) is 0 Å². The molecule has 0 unspecified atom stereocenters. The summed E-state index contributed by atoms with van der Waals surface area (Å²) in [7, 11) is 0. The van der Waals surface area contributed by atoms with Gasteiger partial charge in [-0.2, -0.15) is 22.0 Å². The maximum absolute atomic E-state index is 12.3. The molecule has 1 nitrogen and oxygen atoms in total. The van der Waals surface area contributed by atoms with Gasteiger partial charge in [0.1, 0.15) is 11.9 Å². The van der Waals surface area contributed by atoms with Crippen LogP contribution in [0.3, 0.4) is 0 Å². The molecule has 0 radical (unpaired) electrons. The molecular weight excluding hydrogens is 267 g/mol. The summed E-state index contributed by atoms with van der Waals surface area (Å²) in [5.74, 6) is -4.39. The van der Waals surface area contributed by atoms with Gasteiger partial charge in [0.05, 0.1) is 0 Å². The fourth-order valence-electron chi connectivity index (χ4n) is 0.722. The fourth-order valence-corrected chi connectivity index (χ4v) is 0.848. The summed E-state index contributed by atoms with van der Waals surface area (Å²) in [6, 6.07) is 5.31. The van der Waals surface area contributed by atoms with Gasteiger partial charge in [-0.15, -0.1) is 0 Å². The summed E-state index contributed by atoms with van der Waals surface area (Å²) in [6.07, 6.45) is -4.41. The second-order valence-electron chi connectivity index (χ2n) is 2.86. The van der Waals surface area contributed by atoms with Crippen LogP contribution in [0.1, 0.15) is 0 Å². The Balaban J connectivity index is 2.72. The lowest BCUT2D eigenvalue weighted by molar-refractivity contribution is -0.254. The van der Waals surface area contributed by atoms with Crippen molar-refractivity contribution in [1.29, 1.82) is 0 Å². The minimum Gasteiger partial charge on any atom is -0.407 e. The number of hydrogen-bond donors (Lipinski definition) is 0. The van der Waals surface area contributed by atoms with E-state index in [0.717, 1.165) is 0 Å². The van der Waals surface area contributed by atoms with E-state index in [2.05, 4.69) is 4.74 Å². The first kappa shape index (κ1) is 13.6. The molecule has 1 aromatic carbocycles. The summed E-state index contributed by atoms with van der Waals surface area (Å²) in [4.78, 5) is 0. The average Bonchev–Trinajstić information content (AvgIpc) is 2.19. The van der Waals surface area contributed by atoms with Crippen LogP contribution in [0.5, 0.6) is 5.75 Å². The Labute approximate surface area is 98.1 Å². The number of benzene rings is 1. The third-order valence-corrected chi connectivity index (χ3v) is 1.80. The summed E-state index contributed by atoms with van der Waals surface area (Å²) in [5, 5.41) is 0.367. The molecule has 0 atom stereocenters. The lowest BCUT2D eigenvalue weighted by Crippen LogP contribution is -2.34. The Bertz CT molecular complexity index is 440. The third kappa shape index (κ3) is 3.79. The molecule has 0 heterocycles. The van der Waals surface area contributed by atoms with Gasteiger partial charge >= 0.3 is 12.1 Å². The van der Waals surface area contributed by atoms with Gasteiger partial charge in [-0.05, 0) is 24.3 Å². The normalized spacial score (nSPS) is 11.6. The molecule has 0 saturated heterocycles. The van der Waals surface area contributed by atoms with Crippen LogP contribution >= 0.6 is 11.6 Å². The van der Waals surface area contributed by atoms with Crippen molar-refractivity contribution < 1.29 is 26.7 Å². The molecule has 0 bridgehead atoms. The Morgan fingerprint density at radius 1 is 1.00 bits per heavy atom. The number of ether oxygens (including phenoxy) is 1. The van der Waals surface area contributed by atoms with Gasteiger partial charge in [-0.1, -0.05) is 11.6 Å². The molecule has 92 valence electrons. The number of halogens is 6. The van der Waals surface area contributed by atoms with E-state index in [1.54, 1.807) is 0 Å². The van der Waals surface area contributed by atoms with Crippen LogP contribution in [0.15, 0.2) is 24.3 Å². The molecule has 0 aliphatic rings. The van der Waals surface area contributed by atoms with Crippen molar-refractivity contribution in [3.05, 3.63) is 29.3 Å². The van der Waals surface area contributed by atoms with Crippen LogP contribution in [-0.4, -0.2) is 12.1 Å². The zero-order valence-corrected chi connectivity index (χ0v) is 8.74. The second-order valence-corrected chi connectivity index (χ2v) is 3.29. The quantitative estimate of drug-likeness (QED) is 0.556. The predicted molar refractivity (Wildman–Crippen MR) is 50.9 cm³/mol. The van der Waals surface area contributed by atoms with Crippen LogP contribution in [0.4, 0.5) is 22.0 Å². The molecule has 0 fully saturated rings. The lowest BCUT2D eigenvalue weighted by atomic mass is 10.3. The smallest absolute Gasteiger partial charge is 0.407 e. The zero-order chi connectivity index (χ0) is 13.1. The molecule has 1 rings (SSSR count). The molecular formula is C10H4ClF5O. The maximum atomic E-state index is 12.3. The number of hydrogen-bond acceptors (Lipinski definition) is 1. The SMILES string of the molecule is FC(F)(F)C(F)(F)C#COc1ccc(Cl)cc1. The molecule has 1 aromatic rings. The molecule has 0 aromatic heterocycles. The van der Waals surface area contributed by atoms with Crippen LogP contribution < -0.4 is 4.74 Å². The van der Waals surface area contributed by atoms with Gasteiger partial charge < -0.3 is 4.74 Å². The van der Waals surface area contributed by atoms with Crippen molar-refractivity contribution in [3.63, 3.8) is 0 Å². The third-order valence-electron chi connectivity index (χ3n) is 1.55. The van der Waals surface area contributed by atoms with E-state index < -0.39 is 12.1 Å². The maximum Gasteiger partial charge on any atom is 0.466 e. The molecule has 0 aliphatic heterocycles. The van der Waals surface area contributed by atoms with Gasteiger partial charge in [0.15, 0.2) is 0 Å². The van der Waals surface area contributed by atoms with Crippen molar-refractivity contribution in [3.8, 4) is 17.8 Å². The molecule has 0 aliphatic carbocycles. The minimum absolute atomic E-state index is 0.0138. The largest absolute Gasteiger partial charge is 0.466 e. The zero-order valence-electron chi connectivity index (χ0n) is 7.99. The minimum atomic E-state index is -5.72. The first-order chi connectivity index (χ1) is 7.72. The monoisotopic (exact) mass is 270 g/mol. The highest BCUT2D eigenvalue weighted by Gasteiger charge is 2.56. The second kappa shape index (κ2) is 4.80. The van der Waals surface area contributed by atoms with E-state index in [-0.39, 0.29) is 5.75 Å². The highest BCUT2D eigenvalue weighted by Crippen LogP contribution is 2.34. The molecule has 7 heteroatoms. The Morgan fingerprint density at radius 2 is 1.53 bits per heavy atom. The van der Waals surface area contributed by atoms with Crippen LogP contribution in [0.2, 0.25) is 5.02 Å². The summed E-state index contributed by atoms with van der Waals surface area (Å²) in [5.41, 5.74) is 0. The van der Waals surface area contributed by atoms with E-state index in [4.69, 9.17) is 11.6 Å². The summed E-state index contributed by atoms with van der Waals surface area (Å²) < 4.78 is 64.0. The molecule has 0 amide bonds. The topological polar surface area (TPSA) is 9.23 Å². The highest BCUT2D eigenvalue weighted by molar-refractivity contribution is 6.30. The van der Waals surface area contributed by atoms with Crippen molar-refractivity contribution in [2.45, 2.75) is 12.1 Å². The molecule has 0 spiro atoms. The van der Waals surface area contributed by atoms with Crippen molar-refractivity contribution >= 4 is 11.6 Å². The van der Waals surface area contributed by atoms with Gasteiger partial charge in [0.2, 0.25) is 0 Å². The van der Waals surface area contributed by atoms with E-state index in [1.165, 1.54) is 30.4 Å². The van der Waals surface area contributed by atoms with Crippen molar-refractivity contribution in [2.24, 2.45) is 0 Å². The molecule has 0 saturated carbocycles. The van der Waals surface area contributed by atoms with Gasteiger partial charge in [0, 0.05) is 10.9 Å². The first-order valence-electron chi connectivity index (χ1n) is 4.11. The standard InChI is InChI=1S/C10H4ClF5O/c11-7-1-3-8(4-2-7)17-6-5-9(12,13)10(14,15)16/h1-4H. The van der Waals surface area contributed by atoms with E-state index in [0.29, 0.717) is 10.9 Å². The van der Waals surface area contributed by atoms with Crippen LogP contribution in [0.25, 0.3) is 0 Å².